The van der Waals surface area contributed by atoms with Gasteiger partial charge in [-0.2, -0.15) is 5.10 Å². The molecule has 0 fully saturated rings. The lowest BCUT2D eigenvalue weighted by Gasteiger charge is -2.40. The summed E-state index contributed by atoms with van der Waals surface area (Å²) in [5.41, 5.74) is 4.73. The second-order valence-corrected chi connectivity index (χ2v) is 11.6. The van der Waals surface area contributed by atoms with Crippen LogP contribution in [0.2, 0.25) is 0 Å². The molecule has 0 bridgehead atoms. The average molecular weight is 603 g/mol. The lowest BCUT2D eigenvalue weighted by atomic mass is 9.63. The van der Waals surface area contributed by atoms with Gasteiger partial charge in [-0.25, -0.2) is 21.0 Å². The molecule has 0 aliphatic carbocycles. The van der Waals surface area contributed by atoms with E-state index in [0.29, 0.717) is 6.42 Å². The molecule has 2 aromatic carbocycles. The van der Waals surface area contributed by atoms with Crippen molar-refractivity contribution >= 4 is 23.7 Å². The molecule has 0 saturated heterocycles. The van der Waals surface area contributed by atoms with Gasteiger partial charge < -0.3 is 0 Å². The van der Waals surface area contributed by atoms with E-state index in [4.69, 9.17) is 10.7 Å². The number of nitrogens with one attached hydrogen (secondary N) is 2. The quantitative estimate of drug-likeness (QED) is 0.0786. The first-order valence-corrected chi connectivity index (χ1v) is 15.3. The Bertz CT molecular complexity index is 1330. The number of carbonyl (C=O) groups excluding carboxylic acids is 3. The highest BCUT2D eigenvalue weighted by Gasteiger charge is 2.56. The van der Waals surface area contributed by atoms with Crippen molar-refractivity contribution in [2.45, 2.75) is 72.4 Å². The summed E-state index contributed by atoms with van der Waals surface area (Å²) in [7, 11) is 0. The van der Waals surface area contributed by atoms with Gasteiger partial charge in [-0.15, -0.1) is 0 Å². The third-order valence-electron chi connectivity index (χ3n) is 8.12. The highest BCUT2D eigenvalue weighted by molar-refractivity contribution is 6.11. The monoisotopic (exact) mass is 602 g/mol. The Morgan fingerprint density at radius 3 is 2.25 bits per heavy atom. The number of carbonyl (C=O) groups is 3. The first kappa shape index (κ1) is 34.3. The molecule has 0 aliphatic heterocycles. The van der Waals surface area contributed by atoms with E-state index in [9.17, 15) is 14.4 Å². The molecule has 236 valence electrons. The maximum atomic E-state index is 15.0. The predicted molar refractivity (Wildman–Crippen MR) is 170 cm³/mol. The van der Waals surface area contributed by atoms with E-state index < -0.39 is 35.0 Å². The number of hydrogen-bond acceptors (Lipinski definition) is 7. The third kappa shape index (κ3) is 8.93. The van der Waals surface area contributed by atoms with Crippen molar-refractivity contribution in [2.24, 2.45) is 29.0 Å². The predicted octanol–water partition coefficient (Wildman–Crippen LogP) is 5.20. The van der Waals surface area contributed by atoms with Crippen molar-refractivity contribution in [3.63, 3.8) is 0 Å². The van der Waals surface area contributed by atoms with Gasteiger partial charge in [0, 0.05) is 0 Å². The number of rotatable bonds is 18. The number of hydrogen-bond donors (Lipinski definition) is 3. The molecular weight excluding hydrogens is 556 g/mol. The molecule has 10 heteroatoms. The van der Waals surface area contributed by atoms with Gasteiger partial charge in [-0.1, -0.05) is 113 Å². The van der Waals surface area contributed by atoms with Crippen molar-refractivity contribution in [1.82, 2.24) is 25.7 Å². The summed E-state index contributed by atoms with van der Waals surface area (Å²) in [4.78, 5) is 52.8. The van der Waals surface area contributed by atoms with E-state index in [2.05, 4.69) is 34.8 Å². The average Bonchev–Trinajstić information content (AvgIpc) is 3.58. The molecular formula is C34H46N6O4. The Labute approximate surface area is 260 Å². The SMILES string of the molecule is CCC(CC)CC(C(=O)[C@](CC(C)C)(C(=O)NN)[C@H](C/C=C/c1ccccc1)C(=O)NOCc1ccccc1)n1cncn1. The standard InChI is InChI=1S/C34H46N6O4/c1-5-26(6-2)20-30(40-24-36-23-37-40)31(41)34(21-25(3)4,33(43)38-35)29(19-13-18-27-14-9-7-10-15-27)32(42)39-44-22-28-16-11-8-12-17-28/h7-18,23-26,29-30H,5-6,19-22,35H2,1-4H3,(H,38,43)(H,39,42)/b18-13+/t29-,30?,34-/m1/s1. The van der Waals surface area contributed by atoms with E-state index in [-0.39, 0.29) is 31.3 Å². The Morgan fingerprint density at radius 2 is 1.68 bits per heavy atom. The van der Waals surface area contributed by atoms with Crippen LogP contribution < -0.4 is 16.7 Å². The molecule has 44 heavy (non-hydrogen) atoms. The Morgan fingerprint density at radius 1 is 1.02 bits per heavy atom. The fourth-order valence-corrected chi connectivity index (χ4v) is 5.77. The molecule has 3 atom stereocenters. The van der Waals surface area contributed by atoms with Crippen LogP contribution in [0.4, 0.5) is 0 Å². The molecule has 4 N–H and O–H groups in total. The van der Waals surface area contributed by atoms with Gasteiger partial charge in [0.05, 0.1) is 12.5 Å². The first-order valence-electron chi connectivity index (χ1n) is 15.3. The summed E-state index contributed by atoms with van der Waals surface area (Å²) in [6.45, 7) is 8.08. The Hall–Kier alpha value is -4.15. The number of benzene rings is 2. The van der Waals surface area contributed by atoms with Crippen LogP contribution in [-0.4, -0.2) is 32.4 Å². The highest BCUT2D eigenvalue weighted by atomic mass is 16.6. The zero-order valence-corrected chi connectivity index (χ0v) is 26.2. The number of allylic oxidation sites excluding steroid dienone is 1. The number of hydroxylamine groups is 1. The zero-order chi connectivity index (χ0) is 32.0. The smallest absolute Gasteiger partial charge is 0.248 e. The molecule has 0 saturated carbocycles. The third-order valence-corrected chi connectivity index (χ3v) is 8.12. The largest absolute Gasteiger partial charge is 0.296 e. The maximum absolute atomic E-state index is 15.0. The molecule has 3 rings (SSSR count). The van der Waals surface area contributed by atoms with Gasteiger partial charge in [0.1, 0.15) is 24.1 Å². The van der Waals surface area contributed by atoms with Crippen molar-refractivity contribution in [3.05, 3.63) is 90.5 Å². The van der Waals surface area contributed by atoms with Gasteiger partial charge in [-0.05, 0) is 42.2 Å². The number of nitrogens with zero attached hydrogens (tertiary/aromatic N) is 3. The molecule has 2 amide bonds. The number of hydrazine groups is 1. The topological polar surface area (TPSA) is 141 Å². The van der Waals surface area contributed by atoms with Crippen molar-refractivity contribution < 1.29 is 19.2 Å². The molecule has 3 aromatic rings. The van der Waals surface area contributed by atoms with Crippen LogP contribution in [0.25, 0.3) is 6.08 Å². The number of ketones is 1. The highest BCUT2D eigenvalue weighted by Crippen LogP contribution is 2.43. The summed E-state index contributed by atoms with van der Waals surface area (Å²) in [5, 5.41) is 4.31. The van der Waals surface area contributed by atoms with Crippen LogP contribution in [0, 0.1) is 23.2 Å². The summed E-state index contributed by atoms with van der Waals surface area (Å²) in [6.07, 6.45) is 8.81. The molecule has 0 spiro atoms. The molecule has 0 aliphatic rings. The second-order valence-electron chi connectivity index (χ2n) is 11.6. The van der Waals surface area contributed by atoms with E-state index in [1.807, 2.05) is 86.7 Å². The van der Waals surface area contributed by atoms with E-state index in [1.54, 1.807) is 0 Å². The summed E-state index contributed by atoms with van der Waals surface area (Å²) < 4.78 is 1.50. The van der Waals surface area contributed by atoms with Crippen LogP contribution in [-0.2, 0) is 25.8 Å². The molecule has 1 heterocycles. The number of amides is 2. The minimum atomic E-state index is -1.84. The van der Waals surface area contributed by atoms with Gasteiger partial charge in [0.15, 0.2) is 5.78 Å². The van der Waals surface area contributed by atoms with Crippen LogP contribution in [0.3, 0.4) is 0 Å². The van der Waals surface area contributed by atoms with Gasteiger partial charge in [0.25, 0.3) is 0 Å². The fourth-order valence-electron chi connectivity index (χ4n) is 5.77. The summed E-state index contributed by atoms with van der Waals surface area (Å²) in [6, 6.07) is 18.2. The fraction of sp³-hybridized carbons (Fsp3) is 0.441. The van der Waals surface area contributed by atoms with E-state index in [0.717, 1.165) is 24.0 Å². The first-order chi connectivity index (χ1) is 21.3. The lowest BCUT2D eigenvalue weighted by Crippen LogP contribution is -2.59. The molecule has 1 aromatic heterocycles. The Kier molecular flexibility index (Phi) is 13.4. The lowest BCUT2D eigenvalue weighted by molar-refractivity contribution is -0.160. The van der Waals surface area contributed by atoms with Crippen LogP contribution >= 0.6 is 0 Å². The normalized spacial score (nSPS) is 14.3. The van der Waals surface area contributed by atoms with Gasteiger partial charge in [0.2, 0.25) is 11.8 Å². The summed E-state index contributed by atoms with van der Waals surface area (Å²) in [5.74, 6) is 2.97. The van der Waals surface area contributed by atoms with Crippen molar-refractivity contribution in [2.75, 3.05) is 0 Å². The minimum Gasteiger partial charge on any atom is -0.296 e. The number of Topliss-reactive ketones (excluding diaryl/α,β-unsaturated/α-hetero) is 1. The van der Waals surface area contributed by atoms with Gasteiger partial charge in [-0.3, -0.25) is 24.6 Å². The van der Waals surface area contributed by atoms with Gasteiger partial charge >= 0.3 is 0 Å². The maximum Gasteiger partial charge on any atom is 0.248 e. The van der Waals surface area contributed by atoms with Crippen LogP contribution in [0.15, 0.2) is 79.4 Å². The summed E-state index contributed by atoms with van der Waals surface area (Å²) >= 11 is 0. The molecule has 10 nitrogen and oxygen atoms in total. The number of nitrogens with two attached hydrogens (primary N) is 1. The number of aromatic nitrogens is 3. The Balaban J connectivity index is 2.11. The van der Waals surface area contributed by atoms with Crippen molar-refractivity contribution in [3.8, 4) is 0 Å². The molecule has 0 radical (unpaired) electrons. The van der Waals surface area contributed by atoms with Crippen LogP contribution in [0.1, 0.15) is 77.0 Å². The van der Waals surface area contributed by atoms with E-state index >= 15 is 0 Å². The molecule has 1 unspecified atom stereocenters. The minimum absolute atomic E-state index is 0.0797. The second kappa shape index (κ2) is 17.2. The zero-order valence-electron chi connectivity index (χ0n) is 26.2. The van der Waals surface area contributed by atoms with Crippen molar-refractivity contribution in [1.29, 1.82) is 0 Å². The van der Waals surface area contributed by atoms with E-state index in [1.165, 1.54) is 17.3 Å². The van der Waals surface area contributed by atoms with Crippen LogP contribution in [0.5, 0.6) is 0 Å².